The Hall–Kier alpha value is -2.83. The van der Waals surface area contributed by atoms with Gasteiger partial charge in [0.25, 0.3) is 0 Å². The van der Waals surface area contributed by atoms with Crippen LogP contribution in [0.3, 0.4) is 0 Å². The summed E-state index contributed by atoms with van der Waals surface area (Å²) in [6, 6.07) is 7.62. The van der Waals surface area contributed by atoms with E-state index in [0.717, 1.165) is 16.6 Å². The van der Waals surface area contributed by atoms with Crippen LogP contribution in [0.2, 0.25) is 0 Å². The molecule has 0 bridgehead atoms. The van der Waals surface area contributed by atoms with E-state index in [-0.39, 0.29) is 23.7 Å². The summed E-state index contributed by atoms with van der Waals surface area (Å²) in [5.41, 5.74) is 1.67. The van der Waals surface area contributed by atoms with E-state index in [1.165, 1.54) is 0 Å². The second kappa shape index (κ2) is 9.11. The fourth-order valence-corrected chi connectivity index (χ4v) is 4.08. The van der Waals surface area contributed by atoms with Gasteiger partial charge in [0.1, 0.15) is 6.54 Å². The van der Waals surface area contributed by atoms with Crippen molar-refractivity contribution in [1.82, 2.24) is 9.47 Å². The number of carboxylic acids is 1. The molecule has 0 unspecified atom stereocenters. The van der Waals surface area contributed by atoms with E-state index in [1.807, 2.05) is 48.9 Å². The molecule has 2 amide bonds. The van der Waals surface area contributed by atoms with Crippen LogP contribution in [0.4, 0.5) is 5.69 Å². The first kappa shape index (κ1) is 20.9. The highest BCUT2D eigenvalue weighted by Crippen LogP contribution is 2.30. The summed E-state index contributed by atoms with van der Waals surface area (Å²) in [5.74, 6) is -1.20. The third-order valence-electron chi connectivity index (χ3n) is 5.91. The molecule has 1 aromatic carbocycles. The molecule has 0 aliphatic heterocycles. The second-order valence-electron chi connectivity index (χ2n) is 7.66. The summed E-state index contributed by atoms with van der Waals surface area (Å²) in [7, 11) is 0. The van der Waals surface area contributed by atoms with Crippen LogP contribution in [0.1, 0.15) is 39.5 Å². The number of nitrogens with zero attached hydrogens (tertiary/aromatic N) is 2. The largest absolute Gasteiger partial charge is 0.481 e. The van der Waals surface area contributed by atoms with Gasteiger partial charge in [0.05, 0.1) is 5.92 Å². The first-order chi connectivity index (χ1) is 13.9. The normalized spacial score (nSPS) is 19.1. The van der Waals surface area contributed by atoms with Gasteiger partial charge in [0.15, 0.2) is 0 Å². The molecular weight excluding hydrogens is 370 g/mol. The van der Waals surface area contributed by atoms with Gasteiger partial charge in [-0.1, -0.05) is 0 Å². The minimum Gasteiger partial charge on any atom is -0.481 e. The lowest BCUT2D eigenvalue weighted by atomic mass is 9.81. The molecule has 2 N–H and O–H groups in total. The maximum atomic E-state index is 12.6. The monoisotopic (exact) mass is 399 g/mol. The number of hydrogen-bond donors (Lipinski definition) is 2. The van der Waals surface area contributed by atoms with Crippen LogP contribution in [0, 0.1) is 11.8 Å². The van der Waals surface area contributed by atoms with Crippen molar-refractivity contribution in [2.75, 3.05) is 18.4 Å². The molecule has 1 heterocycles. The van der Waals surface area contributed by atoms with E-state index >= 15 is 0 Å². The molecule has 7 heteroatoms. The Morgan fingerprint density at radius 1 is 1.07 bits per heavy atom. The van der Waals surface area contributed by atoms with Gasteiger partial charge >= 0.3 is 5.97 Å². The molecule has 0 radical (unpaired) electrons. The lowest BCUT2D eigenvalue weighted by Crippen LogP contribution is -2.33. The van der Waals surface area contributed by atoms with E-state index in [2.05, 4.69) is 5.32 Å². The van der Waals surface area contributed by atoms with E-state index < -0.39 is 5.97 Å². The maximum absolute atomic E-state index is 12.6. The SMILES string of the molecule is CCN(CC)C(=O)Cn1ccc2cc(NC(=O)C3CCC(C(=O)O)CC3)ccc21. The van der Waals surface area contributed by atoms with Gasteiger partial charge < -0.3 is 19.9 Å². The number of hydrogen-bond acceptors (Lipinski definition) is 3. The van der Waals surface area contributed by atoms with Gasteiger partial charge in [-0.15, -0.1) is 0 Å². The third-order valence-corrected chi connectivity index (χ3v) is 5.91. The summed E-state index contributed by atoms with van der Waals surface area (Å²) < 4.78 is 1.93. The topological polar surface area (TPSA) is 91.6 Å². The van der Waals surface area contributed by atoms with Crippen molar-refractivity contribution in [3.8, 4) is 0 Å². The Kier molecular flexibility index (Phi) is 6.56. The molecule has 0 saturated heterocycles. The van der Waals surface area contributed by atoms with Crippen molar-refractivity contribution in [3.63, 3.8) is 0 Å². The predicted octanol–water partition coefficient (Wildman–Crippen LogP) is 3.34. The summed E-state index contributed by atoms with van der Waals surface area (Å²) in [4.78, 5) is 37.8. The molecule has 29 heavy (non-hydrogen) atoms. The third kappa shape index (κ3) is 4.78. The molecule has 1 saturated carbocycles. The van der Waals surface area contributed by atoms with Crippen LogP contribution in [-0.2, 0) is 20.9 Å². The van der Waals surface area contributed by atoms with Crippen molar-refractivity contribution in [1.29, 1.82) is 0 Å². The summed E-state index contributed by atoms with van der Waals surface area (Å²) in [6.07, 6.45) is 4.21. The standard InChI is InChI=1S/C22H29N3O4/c1-3-24(4-2)20(26)14-25-12-11-17-13-18(9-10-19(17)25)23-21(27)15-5-7-16(8-6-15)22(28)29/h9-13,15-16H,3-8,14H2,1-2H3,(H,23,27)(H,28,29). The average molecular weight is 399 g/mol. The molecule has 156 valence electrons. The highest BCUT2D eigenvalue weighted by atomic mass is 16.4. The number of amides is 2. The molecule has 3 rings (SSSR count). The Balaban J connectivity index is 1.64. The van der Waals surface area contributed by atoms with Crippen molar-refractivity contribution in [2.24, 2.45) is 11.8 Å². The van der Waals surface area contributed by atoms with Crippen LogP contribution in [0.15, 0.2) is 30.5 Å². The number of likely N-dealkylation sites (N-methyl/N-ethyl adjacent to an activating group) is 1. The van der Waals surface area contributed by atoms with E-state index in [9.17, 15) is 14.4 Å². The van der Waals surface area contributed by atoms with Crippen molar-refractivity contribution < 1.29 is 19.5 Å². The number of nitrogens with one attached hydrogen (secondary N) is 1. The quantitative estimate of drug-likeness (QED) is 0.747. The molecule has 0 spiro atoms. The zero-order chi connectivity index (χ0) is 21.0. The minimum absolute atomic E-state index is 0.0515. The van der Waals surface area contributed by atoms with Crippen LogP contribution in [-0.4, -0.2) is 45.4 Å². The Morgan fingerprint density at radius 2 is 1.72 bits per heavy atom. The van der Waals surface area contributed by atoms with Crippen LogP contribution >= 0.6 is 0 Å². The van der Waals surface area contributed by atoms with Gasteiger partial charge in [0.2, 0.25) is 11.8 Å². The molecule has 1 aliphatic carbocycles. The molecule has 0 atom stereocenters. The number of carboxylic acid groups (broad SMARTS) is 1. The predicted molar refractivity (Wildman–Crippen MR) is 112 cm³/mol. The molecule has 7 nitrogen and oxygen atoms in total. The molecule has 1 aliphatic rings. The Morgan fingerprint density at radius 3 is 2.34 bits per heavy atom. The van der Waals surface area contributed by atoms with Crippen molar-refractivity contribution >= 4 is 34.4 Å². The van der Waals surface area contributed by atoms with Crippen molar-refractivity contribution in [2.45, 2.75) is 46.1 Å². The first-order valence-corrected chi connectivity index (χ1v) is 10.3. The van der Waals surface area contributed by atoms with Crippen LogP contribution in [0.25, 0.3) is 10.9 Å². The van der Waals surface area contributed by atoms with E-state index in [1.54, 1.807) is 4.90 Å². The summed E-state index contributed by atoms with van der Waals surface area (Å²) in [6.45, 7) is 5.62. The van der Waals surface area contributed by atoms with Gasteiger partial charge in [-0.2, -0.15) is 0 Å². The lowest BCUT2D eigenvalue weighted by molar-refractivity contribution is -0.143. The van der Waals surface area contributed by atoms with Gasteiger partial charge in [-0.3, -0.25) is 14.4 Å². The molecule has 2 aromatic rings. The fourth-order valence-electron chi connectivity index (χ4n) is 4.08. The number of anilines is 1. The highest BCUT2D eigenvalue weighted by molar-refractivity contribution is 5.95. The first-order valence-electron chi connectivity index (χ1n) is 10.3. The van der Waals surface area contributed by atoms with Gasteiger partial charge in [-0.05, 0) is 63.8 Å². The minimum atomic E-state index is -0.765. The Labute approximate surface area is 170 Å². The van der Waals surface area contributed by atoms with E-state index in [0.29, 0.717) is 45.3 Å². The molecule has 1 aromatic heterocycles. The molecule has 1 fully saturated rings. The number of benzene rings is 1. The zero-order valence-corrected chi connectivity index (χ0v) is 17.1. The lowest BCUT2D eigenvalue weighted by Gasteiger charge is -2.25. The summed E-state index contributed by atoms with van der Waals surface area (Å²) in [5, 5.41) is 13.0. The van der Waals surface area contributed by atoms with Crippen LogP contribution < -0.4 is 5.32 Å². The van der Waals surface area contributed by atoms with Gasteiger partial charge in [0, 0.05) is 41.8 Å². The van der Waals surface area contributed by atoms with E-state index in [4.69, 9.17) is 5.11 Å². The maximum Gasteiger partial charge on any atom is 0.306 e. The zero-order valence-electron chi connectivity index (χ0n) is 17.1. The smallest absolute Gasteiger partial charge is 0.306 e. The van der Waals surface area contributed by atoms with Gasteiger partial charge in [-0.25, -0.2) is 0 Å². The summed E-state index contributed by atoms with van der Waals surface area (Å²) >= 11 is 0. The average Bonchev–Trinajstić information content (AvgIpc) is 3.11. The highest BCUT2D eigenvalue weighted by Gasteiger charge is 2.29. The number of carbonyl (C=O) groups is 3. The number of rotatable bonds is 7. The van der Waals surface area contributed by atoms with Crippen molar-refractivity contribution in [3.05, 3.63) is 30.5 Å². The fraction of sp³-hybridized carbons (Fsp3) is 0.500. The number of aromatic nitrogens is 1. The number of aliphatic carboxylic acids is 1. The molecular formula is C22H29N3O4. The number of carbonyl (C=O) groups excluding carboxylic acids is 2. The second-order valence-corrected chi connectivity index (χ2v) is 7.66. The van der Waals surface area contributed by atoms with Crippen LogP contribution in [0.5, 0.6) is 0 Å². The number of fused-ring (bicyclic) bond motifs is 1. The Bertz CT molecular complexity index is 893.